The van der Waals surface area contributed by atoms with Gasteiger partial charge in [-0.2, -0.15) is 0 Å². The number of aliphatic hydroxyl groups excluding tert-OH is 2. The lowest BCUT2D eigenvalue weighted by Crippen LogP contribution is -2.54. The molecule has 11 heteroatoms. The predicted octanol–water partition coefficient (Wildman–Crippen LogP) is 3.83. The van der Waals surface area contributed by atoms with Gasteiger partial charge in [0.15, 0.2) is 11.5 Å². The molecule has 3 aromatic carbocycles. The highest BCUT2D eigenvalue weighted by Crippen LogP contribution is 2.46. The molecule has 1 unspecified atom stereocenters. The average molecular weight is 599 g/mol. The molecule has 228 valence electrons. The first-order valence-corrected chi connectivity index (χ1v) is 14.1. The van der Waals surface area contributed by atoms with Gasteiger partial charge in [0.1, 0.15) is 40.8 Å². The molecule has 4 atom stereocenters. The van der Waals surface area contributed by atoms with Crippen LogP contribution in [-0.4, -0.2) is 68.4 Å². The molecule has 6 rings (SSSR count). The van der Waals surface area contributed by atoms with Gasteiger partial charge in [0.2, 0.25) is 0 Å². The average Bonchev–Trinajstić information content (AvgIpc) is 3.68. The molecule has 1 aliphatic heterocycles. The van der Waals surface area contributed by atoms with Crippen LogP contribution in [-0.2, 0) is 15.1 Å². The minimum Gasteiger partial charge on any atom is -0.497 e. The van der Waals surface area contributed by atoms with E-state index in [-0.39, 0.29) is 18.8 Å². The second kappa shape index (κ2) is 11.9. The van der Waals surface area contributed by atoms with Crippen LogP contribution in [0.2, 0.25) is 0 Å². The van der Waals surface area contributed by atoms with E-state index in [1.165, 1.54) is 12.7 Å². The molecule has 0 amide bonds. The Balaban J connectivity index is 1.46. The third kappa shape index (κ3) is 4.93. The van der Waals surface area contributed by atoms with E-state index in [4.69, 9.17) is 26.1 Å². The number of nitrogens with zero attached hydrogens (tertiary/aromatic N) is 4. The first-order valence-electron chi connectivity index (χ1n) is 14.8. The lowest BCUT2D eigenvalue weighted by Gasteiger charge is -2.41. The van der Waals surface area contributed by atoms with Crippen LogP contribution in [0.3, 0.4) is 0 Å². The fourth-order valence-corrected chi connectivity index (χ4v) is 5.84. The lowest BCUT2D eigenvalue weighted by atomic mass is 9.79. The zero-order valence-electron chi connectivity index (χ0n) is 25.4. The molecule has 4 N–H and O–H groups in total. The molecule has 0 radical (unpaired) electrons. The highest BCUT2D eigenvalue weighted by atomic mass is 16.6. The Morgan fingerprint density at radius 3 is 2.18 bits per heavy atom. The number of anilines is 1. The molecule has 11 nitrogen and oxygen atoms in total. The predicted molar refractivity (Wildman–Crippen MR) is 163 cm³/mol. The van der Waals surface area contributed by atoms with Crippen molar-refractivity contribution in [3.05, 3.63) is 108 Å². The van der Waals surface area contributed by atoms with Crippen molar-refractivity contribution < 1.29 is 30.5 Å². The van der Waals surface area contributed by atoms with Gasteiger partial charge < -0.3 is 34.9 Å². The molecule has 0 saturated carbocycles. The van der Waals surface area contributed by atoms with E-state index in [9.17, 15) is 10.2 Å². The molecule has 1 aliphatic rings. The standard InChI is InChI=1S/C33H35N5O6/c1-21(39)32(27(40)17-28(44-32)38-20-37-29-30(34)35-19-36-31(29)38)18-43-33(22-7-5-4-6-8-22,23-9-13-25(41-2)14-10-23)24-11-15-26(42-3)16-12-24/h4-16,19-21,27-28,39-40H,17-18H2,1-3H3,(H2,34,35,36)/t21?,27-,28+,32-/m0/s1/i1D. The minimum absolute atomic E-state index is 0.0825. The number of rotatable bonds is 10. The summed E-state index contributed by atoms with van der Waals surface area (Å²) in [7, 11) is 3.20. The quantitative estimate of drug-likeness (QED) is 0.203. The summed E-state index contributed by atoms with van der Waals surface area (Å²) in [4.78, 5) is 12.6. The van der Waals surface area contributed by atoms with E-state index in [0.717, 1.165) is 16.7 Å². The maximum absolute atomic E-state index is 11.6. The summed E-state index contributed by atoms with van der Waals surface area (Å²) in [6.45, 7) is -0.711. The summed E-state index contributed by atoms with van der Waals surface area (Å²) in [6.07, 6.45) is -0.461. The summed E-state index contributed by atoms with van der Waals surface area (Å²) < 4.78 is 34.2. The maximum Gasteiger partial charge on any atom is 0.167 e. The van der Waals surface area contributed by atoms with E-state index < -0.39 is 36.5 Å². The number of aliphatic hydroxyl groups is 2. The van der Waals surface area contributed by atoms with Crippen molar-refractivity contribution in [3.8, 4) is 11.5 Å². The topological polar surface area (TPSA) is 147 Å². The minimum atomic E-state index is -1.68. The van der Waals surface area contributed by atoms with Crippen LogP contribution in [0.15, 0.2) is 91.5 Å². The van der Waals surface area contributed by atoms with Gasteiger partial charge in [-0.3, -0.25) is 4.57 Å². The highest BCUT2D eigenvalue weighted by molar-refractivity contribution is 5.81. The highest BCUT2D eigenvalue weighted by Gasteiger charge is 2.54. The summed E-state index contributed by atoms with van der Waals surface area (Å²) >= 11 is 0. The Morgan fingerprint density at radius 2 is 1.59 bits per heavy atom. The van der Waals surface area contributed by atoms with E-state index in [0.29, 0.717) is 22.7 Å². The Kier molecular flexibility index (Phi) is 7.61. The lowest BCUT2D eigenvalue weighted by molar-refractivity contribution is -0.200. The van der Waals surface area contributed by atoms with Crippen LogP contribution in [0.4, 0.5) is 5.82 Å². The van der Waals surface area contributed by atoms with Crippen molar-refractivity contribution in [2.45, 2.75) is 43.0 Å². The number of nitrogens with two attached hydrogens (primary N) is 1. The van der Waals surface area contributed by atoms with Gasteiger partial charge >= 0.3 is 0 Å². The molecule has 5 aromatic rings. The van der Waals surface area contributed by atoms with Crippen LogP contribution in [0.25, 0.3) is 11.2 Å². The number of methoxy groups -OCH3 is 2. The third-order valence-electron chi connectivity index (χ3n) is 8.29. The summed E-state index contributed by atoms with van der Waals surface area (Å²) in [5.74, 6) is 1.56. The number of benzene rings is 3. The van der Waals surface area contributed by atoms with Gasteiger partial charge in [0.05, 0.1) is 39.4 Å². The monoisotopic (exact) mass is 598 g/mol. The molecular weight excluding hydrogens is 562 g/mol. The number of hydrogen-bond donors (Lipinski definition) is 3. The molecular formula is C33H35N5O6. The molecule has 1 saturated heterocycles. The van der Waals surface area contributed by atoms with Crippen molar-refractivity contribution in [3.63, 3.8) is 0 Å². The zero-order valence-corrected chi connectivity index (χ0v) is 24.4. The molecule has 0 bridgehead atoms. The van der Waals surface area contributed by atoms with Crippen molar-refractivity contribution in [1.82, 2.24) is 19.5 Å². The largest absolute Gasteiger partial charge is 0.497 e. The molecule has 3 heterocycles. The van der Waals surface area contributed by atoms with E-state index in [1.54, 1.807) is 18.8 Å². The van der Waals surface area contributed by atoms with Gasteiger partial charge in [-0.05, 0) is 47.9 Å². The van der Waals surface area contributed by atoms with Crippen molar-refractivity contribution in [2.75, 3.05) is 26.6 Å². The SMILES string of the molecule is [2H]CC(O)[C@]1(COC(c2ccccc2)(c2ccc(OC)cc2)c2ccc(OC)cc2)O[C@@H](n2cnc3c(N)ncnc32)C[C@@H]1O. The van der Waals surface area contributed by atoms with E-state index in [1.807, 2.05) is 78.9 Å². The van der Waals surface area contributed by atoms with E-state index >= 15 is 0 Å². The van der Waals surface area contributed by atoms with Crippen molar-refractivity contribution in [1.29, 1.82) is 0 Å². The smallest absolute Gasteiger partial charge is 0.167 e. The van der Waals surface area contributed by atoms with Crippen LogP contribution < -0.4 is 15.2 Å². The number of aromatic nitrogens is 4. The van der Waals surface area contributed by atoms with Gasteiger partial charge in [0.25, 0.3) is 0 Å². The van der Waals surface area contributed by atoms with E-state index in [2.05, 4.69) is 15.0 Å². The fraction of sp³-hybridized carbons (Fsp3) is 0.303. The van der Waals surface area contributed by atoms with Crippen LogP contribution in [0.1, 0.15) is 37.6 Å². The summed E-state index contributed by atoms with van der Waals surface area (Å²) in [6, 6.07) is 24.7. The van der Waals surface area contributed by atoms with Gasteiger partial charge in [-0.25, -0.2) is 15.0 Å². The number of hydrogen-bond acceptors (Lipinski definition) is 10. The first kappa shape index (κ1) is 28.2. The van der Waals surface area contributed by atoms with Crippen LogP contribution in [0, 0.1) is 0 Å². The van der Waals surface area contributed by atoms with Crippen molar-refractivity contribution in [2.24, 2.45) is 0 Å². The maximum atomic E-state index is 11.6. The Bertz CT molecular complexity index is 1690. The van der Waals surface area contributed by atoms with Crippen LogP contribution >= 0.6 is 0 Å². The Morgan fingerprint density at radius 1 is 0.977 bits per heavy atom. The number of ether oxygens (including phenoxy) is 4. The summed E-state index contributed by atoms with van der Waals surface area (Å²) in [5.41, 5.74) is 6.24. The van der Waals surface area contributed by atoms with Gasteiger partial charge in [0, 0.05) is 7.79 Å². The van der Waals surface area contributed by atoms with Crippen LogP contribution in [0.5, 0.6) is 11.5 Å². The third-order valence-corrected chi connectivity index (χ3v) is 8.29. The number of nitrogen functional groups attached to an aromatic ring is 1. The van der Waals surface area contributed by atoms with Gasteiger partial charge in [-0.1, -0.05) is 54.6 Å². The molecule has 1 fully saturated rings. The zero-order chi connectivity index (χ0) is 31.6. The van der Waals surface area contributed by atoms with Gasteiger partial charge in [-0.15, -0.1) is 0 Å². The second-order valence-corrected chi connectivity index (χ2v) is 10.7. The number of imidazole rings is 1. The molecule has 2 aromatic heterocycles. The summed E-state index contributed by atoms with van der Waals surface area (Å²) in [5, 5.41) is 22.9. The normalized spacial score (nSPS) is 21.2. The first-order chi connectivity index (χ1) is 21.9. The number of fused-ring (bicyclic) bond motifs is 1. The second-order valence-electron chi connectivity index (χ2n) is 10.7. The fourth-order valence-electron chi connectivity index (χ4n) is 5.84. The molecule has 0 aliphatic carbocycles. The molecule has 0 spiro atoms. The molecule has 44 heavy (non-hydrogen) atoms. The van der Waals surface area contributed by atoms with Crippen molar-refractivity contribution >= 4 is 17.0 Å². The Labute approximate surface area is 256 Å². The Hall–Kier alpha value is -4.55.